The van der Waals surface area contributed by atoms with Gasteiger partial charge in [0.05, 0.1) is 27.4 Å². The SMILES string of the molecule is COc1cc(/C=C(\C#N)C(=O)N[C@H](C)c2ccccc2)cc(OC)c1OC. The van der Waals surface area contributed by atoms with Crippen LogP contribution in [0.1, 0.15) is 24.1 Å². The van der Waals surface area contributed by atoms with Crippen molar-refractivity contribution in [3.05, 3.63) is 59.2 Å². The van der Waals surface area contributed by atoms with Gasteiger partial charge in [0.25, 0.3) is 5.91 Å². The van der Waals surface area contributed by atoms with Gasteiger partial charge in [-0.15, -0.1) is 0 Å². The molecule has 0 aliphatic heterocycles. The predicted molar refractivity (Wildman–Crippen MR) is 103 cm³/mol. The molecule has 140 valence electrons. The highest BCUT2D eigenvalue weighted by atomic mass is 16.5. The Kier molecular flexibility index (Phi) is 6.84. The zero-order valence-corrected chi connectivity index (χ0v) is 15.8. The van der Waals surface area contributed by atoms with Crippen molar-refractivity contribution in [2.45, 2.75) is 13.0 Å². The van der Waals surface area contributed by atoms with Crippen molar-refractivity contribution >= 4 is 12.0 Å². The van der Waals surface area contributed by atoms with Crippen molar-refractivity contribution in [2.24, 2.45) is 0 Å². The summed E-state index contributed by atoms with van der Waals surface area (Å²) in [6.45, 7) is 1.86. The van der Waals surface area contributed by atoms with Gasteiger partial charge in [-0.2, -0.15) is 5.26 Å². The van der Waals surface area contributed by atoms with Crippen molar-refractivity contribution in [3.8, 4) is 23.3 Å². The lowest BCUT2D eigenvalue weighted by Gasteiger charge is -2.14. The predicted octanol–water partition coefficient (Wildman–Crippen LogP) is 3.50. The Morgan fingerprint density at radius 3 is 2.15 bits per heavy atom. The second kappa shape index (κ2) is 9.30. The Morgan fingerprint density at radius 1 is 1.07 bits per heavy atom. The molecule has 2 rings (SSSR count). The van der Waals surface area contributed by atoms with Crippen LogP contribution in [0.3, 0.4) is 0 Å². The summed E-state index contributed by atoms with van der Waals surface area (Å²) in [6.07, 6.45) is 1.48. The third kappa shape index (κ3) is 4.79. The van der Waals surface area contributed by atoms with E-state index in [1.807, 2.05) is 43.3 Å². The highest BCUT2D eigenvalue weighted by molar-refractivity contribution is 6.02. The number of nitrogens with zero attached hydrogens (tertiary/aromatic N) is 1. The van der Waals surface area contributed by atoms with Gasteiger partial charge in [0.2, 0.25) is 5.75 Å². The number of benzene rings is 2. The molecule has 0 aliphatic carbocycles. The van der Waals surface area contributed by atoms with Gasteiger partial charge in [0.15, 0.2) is 11.5 Å². The van der Waals surface area contributed by atoms with Crippen LogP contribution in [0.2, 0.25) is 0 Å². The second-order valence-electron chi connectivity index (χ2n) is 5.73. The summed E-state index contributed by atoms with van der Waals surface area (Å²) < 4.78 is 15.9. The van der Waals surface area contributed by atoms with E-state index >= 15 is 0 Å². The third-order valence-electron chi connectivity index (χ3n) is 4.01. The van der Waals surface area contributed by atoms with Crippen LogP contribution in [0.4, 0.5) is 0 Å². The fourth-order valence-electron chi connectivity index (χ4n) is 2.60. The number of ether oxygens (including phenoxy) is 3. The van der Waals surface area contributed by atoms with Crippen LogP contribution < -0.4 is 19.5 Å². The molecule has 27 heavy (non-hydrogen) atoms. The molecule has 0 fully saturated rings. The van der Waals surface area contributed by atoms with Gasteiger partial charge in [-0.25, -0.2) is 0 Å². The zero-order chi connectivity index (χ0) is 19.8. The van der Waals surface area contributed by atoms with Crippen LogP contribution in [0.15, 0.2) is 48.0 Å². The van der Waals surface area contributed by atoms with Crippen molar-refractivity contribution < 1.29 is 19.0 Å². The Morgan fingerprint density at radius 2 is 1.67 bits per heavy atom. The van der Waals surface area contributed by atoms with Gasteiger partial charge in [0, 0.05) is 0 Å². The molecular weight excluding hydrogens is 344 g/mol. The first-order valence-corrected chi connectivity index (χ1v) is 8.31. The van der Waals surface area contributed by atoms with E-state index in [0.29, 0.717) is 22.8 Å². The average Bonchev–Trinajstić information content (AvgIpc) is 2.71. The van der Waals surface area contributed by atoms with Gasteiger partial charge < -0.3 is 19.5 Å². The molecule has 0 heterocycles. The third-order valence-corrected chi connectivity index (χ3v) is 4.01. The summed E-state index contributed by atoms with van der Waals surface area (Å²) in [6, 6.07) is 14.6. The first kappa shape index (κ1) is 19.9. The van der Waals surface area contributed by atoms with Crippen LogP contribution in [-0.2, 0) is 4.79 Å². The number of hydrogen-bond acceptors (Lipinski definition) is 5. The molecule has 2 aromatic rings. The molecule has 0 aliphatic rings. The molecular formula is C21H22N2O4. The highest BCUT2D eigenvalue weighted by Crippen LogP contribution is 2.38. The van der Waals surface area contributed by atoms with E-state index in [-0.39, 0.29) is 11.6 Å². The molecule has 0 aromatic heterocycles. The summed E-state index contributed by atoms with van der Waals surface area (Å²) in [5.41, 5.74) is 1.52. The molecule has 0 radical (unpaired) electrons. The minimum absolute atomic E-state index is 0.0212. The maximum Gasteiger partial charge on any atom is 0.262 e. The highest BCUT2D eigenvalue weighted by Gasteiger charge is 2.16. The lowest BCUT2D eigenvalue weighted by atomic mass is 10.1. The molecule has 1 atom stereocenters. The van der Waals surface area contributed by atoms with E-state index in [1.165, 1.54) is 27.4 Å². The van der Waals surface area contributed by atoms with Crippen molar-refractivity contribution in [1.29, 1.82) is 5.26 Å². The van der Waals surface area contributed by atoms with Crippen molar-refractivity contribution in [1.82, 2.24) is 5.32 Å². The molecule has 6 heteroatoms. The lowest BCUT2D eigenvalue weighted by Crippen LogP contribution is -2.27. The summed E-state index contributed by atoms with van der Waals surface area (Å²) >= 11 is 0. The minimum Gasteiger partial charge on any atom is -0.493 e. The fourth-order valence-corrected chi connectivity index (χ4v) is 2.60. The largest absolute Gasteiger partial charge is 0.493 e. The summed E-state index contributed by atoms with van der Waals surface area (Å²) in [5.74, 6) is 0.873. The number of nitrogens with one attached hydrogen (secondary N) is 1. The Bertz CT molecular complexity index is 844. The number of carbonyl (C=O) groups is 1. The molecule has 2 aromatic carbocycles. The van der Waals surface area contributed by atoms with Crippen molar-refractivity contribution in [2.75, 3.05) is 21.3 Å². The number of carbonyl (C=O) groups excluding carboxylic acids is 1. The van der Waals surface area contributed by atoms with Crippen LogP contribution in [0, 0.1) is 11.3 Å². The minimum atomic E-state index is -0.456. The average molecular weight is 366 g/mol. The standard InChI is InChI=1S/C21H22N2O4/c1-14(16-8-6-5-7-9-16)23-21(24)17(13-22)10-15-11-18(25-2)20(27-4)19(12-15)26-3/h5-12,14H,1-4H3,(H,23,24)/b17-10+/t14-/m1/s1. The summed E-state index contributed by atoms with van der Waals surface area (Å²) in [4.78, 5) is 12.5. The smallest absolute Gasteiger partial charge is 0.262 e. The molecule has 0 bridgehead atoms. The molecule has 0 saturated heterocycles. The monoisotopic (exact) mass is 366 g/mol. The molecule has 0 spiro atoms. The Balaban J connectivity index is 2.30. The van der Waals surface area contributed by atoms with E-state index in [0.717, 1.165) is 5.56 Å². The second-order valence-corrected chi connectivity index (χ2v) is 5.73. The Labute approximate surface area is 159 Å². The molecule has 1 amide bonds. The molecule has 1 N–H and O–H groups in total. The lowest BCUT2D eigenvalue weighted by molar-refractivity contribution is -0.117. The summed E-state index contributed by atoms with van der Waals surface area (Å²) in [5, 5.41) is 12.3. The van der Waals surface area contributed by atoms with Gasteiger partial charge in [-0.1, -0.05) is 30.3 Å². The maximum atomic E-state index is 12.5. The van der Waals surface area contributed by atoms with E-state index in [9.17, 15) is 10.1 Å². The van der Waals surface area contributed by atoms with Crippen molar-refractivity contribution in [3.63, 3.8) is 0 Å². The Hall–Kier alpha value is -3.46. The molecule has 0 unspecified atom stereocenters. The van der Waals surface area contributed by atoms with Gasteiger partial charge in [-0.05, 0) is 36.3 Å². The number of methoxy groups -OCH3 is 3. The number of amides is 1. The zero-order valence-electron chi connectivity index (χ0n) is 15.8. The van der Waals surface area contributed by atoms with Gasteiger partial charge in [-0.3, -0.25) is 4.79 Å². The quantitative estimate of drug-likeness (QED) is 0.599. The van der Waals surface area contributed by atoms with Crippen LogP contribution in [0.5, 0.6) is 17.2 Å². The first-order valence-electron chi connectivity index (χ1n) is 8.31. The van der Waals surface area contributed by atoms with Gasteiger partial charge in [0.1, 0.15) is 11.6 Å². The topological polar surface area (TPSA) is 80.6 Å². The van der Waals surface area contributed by atoms with Crippen LogP contribution >= 0.6 is 0 Å². The summed E-state index contributed by atoms with van der Waals surface area (Å²) in [7, 11) is 4.52. The number of hydrogen-bond donors (Lipinski definition) is 1. The molecule has 0 saturated carbocycles. The maximum absolute atomic E-state index is 12.5. The van der Waals surface area contributed by atoms with Gasteiger partial charge >= 0.3 is 0 Å². The van der Waals surface area contributed by atoms with E-state index < -0.39 is 5.91 Å². The van der Waals surface area contributed by atoms with Crippen LogP contribution in [0.25, 0.3) is 6.08 Å². The molecule has 6 nitrogen and oxygen atoms in total. The fraction of sp³-hybridized carbons (Fsp3) is 0.238. The van der Waals surface area contributed by atoms with Crippen LogP contribution in [-0.4, -0.2) is 27.2 Å². The number of nitriles is 1. The first-order chi connectivity index (χ1) is 13.0. The van der Waals surface area contributed by atoms with E-state index in [4.69, 9.17) is 14.2 Å². The number of rotatable bonds is 7. The van der Waals surface area contributed by atoms with E-state index in [1.54, 1.807) is 12.1 Å². The normalized spacial score (nSPS) is 11.9. The van der Waals surface area contributed by atoms with E-state index in [2.05, 4.69) is 5.32 Å².